The molecule has 0 saturated carbocycles. The standard InChI is InChI=1S/C12H15NS2.2C2H6/c1-3-5-6-10(4-2)14-12-8-7-11(9-13)15-12;2*1-2/h3-8H,2,9,13H2,1H3;2*1-2H3/b5-3-,10-6+;;. The van der Waals surface area contributed by atoms with E-state index in [4.69, 9.17) is 5.73 Å². The molecule has 108 valence electrons. The van der Waals surface area contributed by atoms with Crippen LogP contribution in [0.4, 0.5) is 0 Å². The van der Waals surface area contributed by atoms with Gasteiger partial charge in [-0.05, 0) is 25.1 Å². The van der Waals surface area contributed by atoms with Gasteiger partial charge in [0, 0.05) is 16.3 Å². The van der Waals surface area contributed by atoms with Gasteiger partial charge in [-0.1, -0.05) is 64.3 Å². The highest BCUT2D eigenvalue weighted by Gasteiger charge is 2.00. The average Bonchev–Trinajstić information content (AvgIpc) is 2.95. The van der Waals surface area contributed by atoms with E-state index in [1.54, 1.807) is 23.1 Å². The van der Waals surface area contributed by atoms with E-state index < -0.39 is 0 Å². The number of rotatable bonds is 5. The van der Waals surface area contributed by atoms with Crippen molar-refractivity contribution in [2.75, 3.05) is 0 Å². The third-order valence-corrected chi connectivity index (χ3v) is 3.99. The van der Waals surface area contributed by atoms with Crippen LogP contribution in [0.2, 0.25) is 0 Å². The number of allylic oxidation sites excluding steroid dienone is 4. The fourth-order valence-electron chi connectivity index (χ4n) is 0.974. The Hall–Kier alpha value is -0.770. The number of hydrogen-bond donors (Lipinski definition) is 1. The van der Waals surface area contributed by atoms with Gasteiger partial charge in [-0.3, -0.25) is 0 Å². The maximum atomic E-state index is 5.56. The Bertz CT molecular complexity index is 376. The van der Waals surface area contributed by atoms with Crippen LogP contribution in [0, 0.1) is 0 Å². The highest BCUT2D eigenvalue weighted by molar-refractivity contribution is 8.05. The summed E-state index contributed by atoms with van der Waals surface area (Å²) in [6, 6.07) is 4.17. The van der Waals surface area contributed by atoms with Crippen LogP contribution in [0.5, 0.6) is 0 Å². The lowest BCUT2D eigenvalue weighted by Gasteiger charge is -1.96. The van der Waals surface area contributed by atoms with E-state index in [9.17, 15) is 0 Å². The first-order valence-corrected chi connectivity index (χ1v) is 8.35. The summed E-state index contributed by atoms with van der Waals surface area (Å²) >= 11 is 3.45. The van der Waals surface area contributed by atoms with Crippen molar-refractivity contribution in [1.29, 1.82) is 0 Å². The van der Waals surface area contributed by atoms with Crippen LogP contribution in [0.3, 0.4) is 0 Å². The zero-order chi connectivity index (χ0) is 15.1. The highest BCUT2D eigenvalue weighted by atomic mass is 32.2. The van der Waals surface area contributed by atoms with Crippen molar-refractivity contribution in [3.8, 4) is 0 Å². The molecule has 19 heavy (non-hydrogen) atoms. The SMILES string of the molecule is C=C/C(=C\C=C/C)Sc1ccc(CN)s1.CC.CC. The Morgan fingerprint density at radius 3 is 2.37 bits per heavy atom. The molecule has 0 aliphatic heterocycles. The molecule has 0 aliphatic carbocycles. The van der Waals surface area contributed by atoms with E-state index >= 15 is 0 Å². The minimum absolute atomic E-state index is 0.618. The van der Waals surface area contributed by atoms with E-state index in [2.05, 4.69) is 24.8 Å². The molecule has 1 aromatic rings. The first kappa shape index (κ1) is 20.5. The lowest BCUT2D eigenvalue weighted by Crippen LogP contribution is -1.90. The van der Waals surface area contributed by atoms with Crippen LogP contribution < -0.4 is 5.73 Å². The zero-order valence-electron chi connectivity index (χ0n) is 12.8. The third-order valence-electron chi connectivity index (χ3n) is 1.71. The maximum absolute atomic E-state index is 5.56. The van der Waals surface area contributed by atoms with Gasteiger partial charge in [0.15, 0.2) is 0 Å². The van der Waals surface area contributed by atoms with Crippen molar-refractivity contribution in [3.05, 3.63) is 52.8 Å². The largest absolute Gasteiger partial charge is 0.326 e. The third kappa shape index (κ3) is 9.77. The monoisotopic (exact) mass is 297 g/mol. The van der Waals surface area contributed by atoms with Crippen LogP contribution in [-0.4, -0.2) is 0 Å². The molecule has 1 aromatic heterocycles. The minimum Gasteiger partial charge on any atom is -0.326 e. The van der Waals surface area contributed by atoms with Crippen LogP contribution in [0.15, 0.2) is 52.1 Å². The average molecular weight is 298 g/mol. The molecule has 0 bridgehead atoms. The van der Waals surface area contributed by atoms with E-state index in [1.807, 2.05) is 52.8 Å². The number of thiophene rings is 1. The van der Waals surface area contributed by atoms with Gasteiger partial charge in [-0.25, -0.2) is 0 Å². The Morgan fingerprint density at radius 2 is 1.95 bits per heavy atom. The molecule has 0 aromatic carbocycles. The fourth-order valence-corrected chi connectivity index (χ4v) is 2.96. The van der Waals surface area contributed by atoms with E-state index in [-0.39, 0.29) is 0 Å². The van der Waals surface area contributed by atoms with Crippen molar-refractivity contribution in [1.82, 2.24) is 0 Å². The summed E-state index contributed by atoms with van der Waals surface area (Å²) in [5.41, 5.74) is 5.56. The number of thioether (sulfide) groups is 1. The Morgan fingerprint density at radius 1 is 1.32 bits per heavy atom. The molecule has 0 atom stereocenters. The van der Waals surface area contributed by atoms with E-state index in [1.165, 1.54) is 9.09 Å². The van der Waals surface area contributed by atoms with E-state index in [0.29, 0.717) is 6.54 Å². The Kier molecular flexibility index (Phi) is 16.5. The minimum atomic E-state index is 0.618. The molecule has 0 fully saturated rings. The molecule has 0 amide bonds. The lowest BCUT2D eigenvalue weighted by atomic mass is 10.4. The van der Waals surface area contributed by atoms with Gasteiger partial charge >= 0.3 is 0 Å². The molecule has 3 heteroatoms. The summed E-state index contributed by atoms with van der Waals surface area (Å²) in [6.45, 7) is 14.4. The summed E-state index contributed by atoms with van der Waals surface area (Å²) in [7, 11) is 0. The quantitative estimate of drug-likeness (QED) is 0.533. The summed E-state index contributed by atoms with van der Waals surface area (Å²) in [6.07, 6.45) is 7.94. The first-order chi connectivity index (χ1) is 9.30. The molecular weight excluding hydrogens is 270 g/mol. The second-order valence-electron chi connectivity index (χ2n) is 2.83. The fraction of sp³-hybridized carbons (Fsp3) is 0.375. The van der Waals surface area contributed by atoms with Crippen molar-refractivity contribution < 1.29 is 0 Å². The molecule has 1 rings (SSSR count). The topological polar surface area (TPSA) is 26.0 Å². The Labute approximate surface area is 127 Å². The molecule has 1 heterocycles. The predicted molar refractivity (Wildman–Crippen MR) is 93.9 cm³/mol. The van der Waals surface area contributed by atoms with Gasteiger partial charge in [-0.2, -0.15) is 0 Å². The first-order valence-electron chi connectivity index (χ1n) is 6.72. The molecule has 0 saturated heterocycles. The van der Waals surface area contributed by atoms with Crippen molar-refractivity contribution >= 4 is 23.1 Å². The smallest absolute Gasteiger partial charge is 0.0649 e. The van der Waals surface area contributed by atoms with Gasteiger partial charge in [-0.15, -0.1) is 11.3 Å². The second kappa shape index (κ2) is 15.3. The van der Waals surface area contributed by atoms with Crippen molar-refractivity contribution in [3.63, 3.8) is 0 Å². The molecular formula is C16H27NS2. The predicted octanol–water partition coefficient (Wildman–Crippen LogP) is 6.00. The van der Waals surface area contributed by atoms with Gasteiger partial charge in [0.05, 0.1) is 4.21 Å². The molecule has 0 spiro atoms. The number of hydrogen-bond acceptors (Lipinski definition) is 3. The maximum Gasteiger partial charge on any atom is 0.0649 e. The highest BCUT2D eigenvalue weighted by Crippen LogP contribution is 2.33. The van der Waals surface area contributed by atoms with Gasteiger partial charge in [0.2, 0.25) is 0 Å². The normalized spacial score (nSPS) is 10.3. The summed E-state index contributed by atoms with van der Waals surface area (Å²) in [4.78, 5) is 2.37. The van der Waals surface area contributed by atoms with Crippen LogP contribution in [-0.2, 0) is 6.54 Å². The zero-order valence-corrected chi connectivity index (χ0v) is 14.4. The molecule has 0 unspecified atom stereocenters. The van der Waals surface area contributed by atoms with Crippen LogP contribution in [0.25, 0.3) is 0 Å². The Balaban J connectivity index is 0. The summed E-state index contributed by atoms with van der Waals surface area (Å²) < 4.78 is 1.26. The van der Waals surface area contributed by atoms with E-state index in [0.717, 1.165) is 4.91 Å². The van der Waals surface area contributed by atoms with Crippen molar-refractivity contribution in [2.24, 2.45) is 5.73 Å². The van der Waals surface area contributed by atoms with Gasteiger partial charge in [0.1, 0.15) is 0 Å². The second-order valence-corrected chi connectivity index (χ2v) is 5.37. The van der Waals surface area contributed by atoms with Gasteiger partial charge in [0.25, 0.3) is 0 Å². The summed E-state index contributed by atoms with van der Waals surface area (Å²) in [5.74, 6) is 0. The van der Waals surface area contributed by atoms with Gasteiger partial charge < -0.3 is 5.73 Å². The molecule has 0 radical (unpaired) electrons. The van der Waals surface area contributed by atoms with Crippen molar-refractivity contribution in [2.45, 2.75) is 45.4 Å². The number of nitrogens with two attached hydrogens (primary N) is 1. The molecule has 2 N–H and O–H groups in total. The summed E-state index contributed by atoms with van der Waals surface area (Å²) in [5, 5.41) is 0. The molecule has 0 aliphatic rings. The van der Waals surface area contributed by atoms with Crippen LogP contribution in [0.1, 0.15) is 39.5 Å². The molecule has 1 nitrogen and oxygen atoms in total. The van der Waals surface area contributed by atoms with Crippen LogP contribution >= 0.6 is 23.1 Å². The lowest BCUT2D eigenvalue weighted by molar-refractivity contribution is 1.11.